The molecule has 0 spiro atoms. The Balaban J connectivity index is 2.31. The molecule has 1 N–H and O–H groups in total. The Hall–Kier alpha value is -1.64. The standard InChI is InChI=1S/C11H10N2O/c14-11-10-8(5-6-12-11)7-3-1-2-4-9(7)13-10/h1-4,10H,5-6H2,(H,12,14). The summed E-state index contributed by atoms with van der Waals surface area (Å²) in [6, 6.07) is 7.72. The van der Waals surface area contributed by atoms with E-state index >= 15 is 0 Å². The predicted octanol–water partition coefficient (Wildman–Crippen LogP) is -0.641. The molecule has 0 aromatic heterocycles. The molecule has 2 aliphatic rings. The molecule has 0 aliphatic carbocycles. The van der Waals surface area contributed by atoms with Gasteiger partial charge < -0.3 is 5.32 Å². The summed E-state index contributed by atoms with van der Waals surface area (Å²) in [5.41, 5.74) is 1.18. The number of amides is 1. The fourth-order valence-electron chi connectivity index (χ4n) is 2.13. The van der Waals surface area contributed by atoms with Crippen LogP contribution in [0.25, 0.3) is 5.57 Å². The fourth-order valence-corrected chi connectivity index (χ4v) is 2.13. The number of carbonyl (C=O) groups excluding carboxylic acids is 1. The van der Waals surface area contributed by atoms with Crippen LogP contribution < -0.4 is 15.9 Å². The molecule has 1 amide bonds. The third kappa shape index (κ3) is 0.923. The van der Waals surface area contributed by atoms with E-state index in [4.69, 9.17) is 0 Å². The van der Waals surface area contributed by atoms with E-state index in [2.05, 4.69) is 10.3 Å². The van der Waals surface area contributed by atoms with Gasteiger partial charge in [0.15, 0.2) is 6.04 Å². The van der Waals surface area contributed by atoms with Crippen LogP contribution in [-0.4, -0.2) is 18.5 Å². The van der Waals surface area contributed by atoms with Gasteiger partial charge in [-0.1, -0.05) is 18.2 Å². The van der Waals surface area contributed by atoms with Gasteiger partial charge in [0, 0.05) is 11.8 Å². The Morgan fingerprint density at radius 3 is 3.14 bits per heavy atom. The summed E-state index contributed by atoms with van der Waals surface area (Å²) >= 11 is 0. The van der Waals surface area contributed by atoms with Crippen molar-refractivity contribution in [3.05, 3.63) is 34.8 Å². The number of carbonyl (C=O) groups is 1. The van der Waals surface area contributed by atoms with Crippen molar-refractivity contribution in [1.82, 2.24) is 5.32 Å². The van der Waals surface area contributed by atoms with Gasteiger partial charge in [-0.15, -0.1) is 0 Å². The summed E-state index contributed by atoms with van der Waals surface area (Å²) in [5, 5.41) is 4.96. The summed E-state index contributed by atoms with van der Waals surface area (Å²) < 4.78 is 0. The van der Waals surface area contributed by atoms with Gasteiger partial charge in [0.2, 0.25) is 5.91 Å². The van der Waals surface area contributed by atoms with Gasteiger partial charge in [0.1, 0.15) is 0 Å². The van der Waals surface area contributed by atoms with Gasteiger partial charge in [-0.05, 0) is 18.1 Å². The van der Waals surface area contributed by atoms with Crippen LogP contribution in [0.4, 0.5) is 0 Å². The fraction of sp³-hybridized carbons (Fsp3) is 0.273. The van der Waals surface area contributed by atoms with Crippen molar-refractivity contribution in [2.75, 3.05) is 6.54 Å². The first kappa shape index (κ1) is 7.74. The third-order valence-corrected chi connectivity index (χ3v) is 2.79. The summed E-state index contributed by atoms with van der Waals surface area (Å²) in [7, 11) is 0. The second kappa shape index (κ2) is 2.67. The maximum absolute atomic E-state index is 11.5. The molecular weight excluding hydrogens is 176 g/mol. The molecule has 0 radical (unpaired) electrons. The van der Waals surface area contributed by atoms with E-state index < -0.39 is 0 Å². The molecule has 0 bridgehead atoms. The average molecular weight is 186 g/mol. The molecule has 1 atom stereocenters. The Morgan fingerprint density at radius 2 is 2.21 bits per heavy atom. The molecule has 14 heavy (non-hydrogen) atoms. The van der Waals surface area contributed by atoms with Crippen LogP contribution in [0.3, 0.4) is 0 Å². The van der Waals surface area contributed by atoms with Crippen LogP contribution in [0.5, 0.6) is 0 Å². The number of nitrogens with zero attached hydrogens (tertiary/aromatic N) is 1. The van der Waals surface area contributed by atoms with E-state index in [0.29, 0.717) is 0 Å². The van der Waals surface area contributed by atoms with Crippen LogP contribution in [0.1, 0.15) is 6.42 Å². The van der Waals surface area contributed by atoms with Crippen LogP contribution >= 0.6 is 0 Å². The Bertz CT molecular complexity index is 518. The number of nitrogens with one attached hydrogen (secondary N) is 1. The van der Waals surface area contributed by atoms with Crippen molar-refractivity contribution in [2.45, 2.75) is 12.5 Å². The third-order valence-electron chi connectivity index (χ3n) is 2.79. The second-order valence-corrected chi connectivity index (χ2v) is 3.62. The molecule has 1 aromatic rings. The van der Waals surface area contributed by atoms with Crippen molar-refractivity contribution < 1.29 is 4.79 Å². The largest absolute Gasteiger partial charge is 0.354 e. The molecule has 70 valence electrons. The Morgan fingerprint density at radius 1 is 1.36 bits per heavy atom. The highest BCUT2D eigenvalue weighted by atomic mass is 16.2. The zero-order chi connectivity index (χ0) is 9.54. The van der Waals surface area contributed by atoms with Gasteiger partial charge >= 0.3 is 0 Å². The summed E-state index contributed by atoms with van der Waals surface area (Å²) in [5.74, 6) is 0.0439. The highest BCUT2D eigenvalue weighted by Crippen LogP contribution is 2.16. The maximum atomic E-state index is 11.5. The molecular formula is C11H10N2O. The minimum Gasteiger partial charge on any atom is -0.354 e. The monoisotopic (exact) mass is 186 g/mol. The Kier molecular flexibility index (Phi) is 1.48. The molecule has 3 rings (SSSR count). The molecule has 2 aliphatic heterocycles. The summed E-state index contributed by atoms with van der Waals surface area (Å²) in [6.07, 6.45) is 0.927. The predicted molar refractivity (Wildman–Crippen MR) is 52.0 cm³/mol. The smallest absolute Gasteiger partial charge is 0.249 e. The SMILES string of the molecule is O=C1NCCC2=c3ccccc3=NC12. The maximum Gasteiger partial charge on any atom is 0.249 e. The van der Waals surface area contributed by atoms with Crippen molar-refractivity contribution >= 4 is 11.5 Å². The minimum atomic E-state index is -0.249. The number of hydrogen-bond acceptors (Lipinski definition) is 2. The number of para-hydroxylation sites is 1. The number of piperidine rings is 1. The van der Waals surface area contributed by atoms with Gasteiger partial charge in [0.05, 0.1) is 5.36 Å². The lowest BCUT2D eigenvalue weighted by atomic mass is 9.99. The highest BCUT2D eigenvalue weighted by Gasteiger charge is 2.29. The minimum absolute atomic E-state index is 0.0439. The van der Waals surface area contributed by atoms with Crippen LogP contribution in [-0.2, 0) is 4.79 Å². The van der Waals surface area contributed by atoms with Gasteiger partial charge in [-0.3, -0.25) is 9.79 Å². The van der Waals surface area contributed by atoms with E-state index in [1.165, 1.54) is 5.57 Å². The second-order valence-electron chi connectivity index (χ2n) is 3.62. The molecule has 1 unspecified atom stereocenters. The number of fused-ring (bicyclic) bond motifs is 2. The molecule has 1 saturated heterocycles. The van der Waals surface area contributed by atoms with E-state index in [1.807, 2.05) is 24.3 Å². The average Bonchev–Trinajstić information content (AvgIpc) is 2.59. The first-order chi connectivity index (χ1) is 6.86. The first-order valence-electron chi connectivity index (χ1n) is 4.80. The van der Waals surface area contributed by atoms with E-state index in [0.717, 1.165) is 23.5 Å². The summed E-state index contributed by atoms with van der Waals surface area (Å²) in [6.45, 7) is 0.745. The van der Waals surface area contributed by atoms with E-state index in [1.54, 1.807) is 0 Å². The molecule has 2 heterocycles. The first-order valence-corrected chi connectivity index (χ1v) is 4.80. The van der Waals surface area contributed by atoms with Crippen LogP contribution in [0.2, 0.25) is 0 Å². The molecule has 3 heteroatoms. The van der Waals surface area contributed by atoms with Gasteiger partial charge in [-0.25, -0.2) is 0 Å². The topological polar surface area (TPSA) is 41.5 Å². The molecule has 0 saturated carbocycles. The number of benzene rings is 1. The zero-order valence-corrected chi connectivity index (χ0v) is 7.66. The molecule has 3 nitrogen and oxygen atoms in total. The van der Waals surface area contributed by atoms with Crippen molar-refractivity contribution in [1.29, 1.82) is 0 Å². The molecule has 1 fully saturated rings. The van der Waals surface area contributed by atoms with Gasteiger partial charge in [0.25, 0.3) is 0 Å². The Labute approximate surface area is 81.2 Å². The number of rotatable bonds is 0. The number of hydrogen-bond donors (Lipinski definition) is 1. The highest BCUT2D eigenvalue weighted by molar-refractivity contribution is 5.94. The molecule has 1 aromatic carbocycles. The normalized spacial score (nSPS) is 23.6. The van der Waals surface area contributed by atoms with Crippen LogP contribution in [0.15, 0.2) is 29.3 Å². The summed E-state index contributed by atoms with van der Waals surface area (Å²) in [4.78, 5) is 15.9. The van der Waals surface area contributed by atoms with Crippen molar-refractivity contribution in [3.63, 3.8) is 0 Å². The zero-order valence-electron chi connectivity index (χ0n) is 7.66. The quantitative estimate of drug-likeness (QED) is 0.575. The van der Waals surface area contributed by atoms with Crippen LogP contribution in [0, 0.1) is 0 Å². The van der Waals surface area contributed by atoms with Crippen molar-refractivity contribution in [3.8, 4) is 0 Å². The lowest BCUT2D eigenvalue weighted by Gasteiger charge is -2.18. The van der Waals surface area contributed by atoms with E-state index in [-0.39, 0.29) is 11.9 Å². The lowest BCUT2D eigenvalue weighted by Crippen LogP contribution is -2.40. The van der Waals surface area contributed by atoms with Gasteiger partial charge in [-0.2, -0.15) is 0 Å². The van der Waals surface area contributed by atoms with Crippen molar-refractivity contribution in [2.24, 2.45) is 4.99 Å². The van der Waals surface area contributed by atoms with E-state index in [9.17, 15) is 4.79 Å². The lowest BCUT2D eigenvalue weighted by molar-refractivity contribution is -0.121.